The van der Waals surface area contributed by atoms with Crippen molar-refractivity contribution in [2.45, 2.75) is 136 Å². The summed E-state index contributed by atoms with van der Waals surface area (Å²) in [4.78, 5) is 59.1. The van der Waals surface area contributed by atoms with Gasteiger partial charge in [0.25, 0.3) is 0 Å². The minimum absolute atomic E-state index is 0.0115. The summed E-state index contributed by atoms with van der Waals surface area (Å²) in [6.07, 6.45) is 8.97. The Morgan fingerprint density at radius 1 is 0.854 bits per heavy atom. The van der Waals surface area contributed by atoms with Crippen LogP contribution in [0.2, 0.25) is 0 Å². The van der Waals surface area contributed by atoms with Crippen LogP contribution in [-0.2, 0) is 23.9 Å². The van der Waals surface area contributed by atoms with Gasteiger partial charge in [-0.2, -0.15) is 0 Å². The minimum Gasteiger partial charge on any atom is -0.461 e. The summed E-state index contributed by atoms with van der Waals surface area (Å²) >= 11 is 0. The molecule has 3 fully saturated rings. The van der Waals surface area contributed by atoms with Crippen LogP contribution >= 0.6 is 0 Å². The lowest BCUT2D eigenvalue weighted by Gasteiger charge is -2.39. The number of amides is 3. The van der Waals surface area contributed by atoms with Gasteiger partial charge in [-0.05, 0) is 84.1 Å². The lowest BCUT2D eigenvalue weighted by Crippen LogP contribution is -2.58. The number of hydrogen-bond donors (Lipinski definition) is 1. The monoisotopic (exact) mass is 574 g/mol. The summed E-state index contributed by atoms with van der Waals surface area (Å²) in [5, 5.41) is 3.09. The molecule has 3 amide bonds. The van der Waals surface area contributed by atoms with Crippen molar-refractivity contribution < 1.29 is 23.9 Å². The van der Waals surface area contributed by atoms with Crippen molar-refractivity contribution in [2.24, 2.45) is 11.8 Å². The van der Waals surface area contributed by atoms with E-state index < -0.39 is 12.1 Å². The smallest absolute Gasteiger partial charge is 0.329 e. The summed E-state index contributed by atoms with van der Waals surface area (Å²) in [6.45, 7) is 15.3. The average Bonchev–Trinajstić information content (AvgIpc) is 3.40. The minimum atomic E-state index is -0.668. The first-order valence-electron chi connectivity index (χ1n) is 15.9. The Kier molecular flexibility index (Phi) is 11.8. The number of nitrogens with zero attached hydrogens (tertiary/aromatic N) is 3. The number of piperidine rings is 1. The maximum atomic E-state index is 13.9. The summed E-state index contributed by atoms with van der Waals surface area (Å²) in [6, 6.07) is -1.54. The second-order valence-corrected chi connectivity index (χ2v) is 13.3. The highest BCUT2D eigenvalue weighted by Crippen LogP contribution is 2.27. The Bertz CT molecular complexity index is 973. The van der Waals surface area contributed by atoms with Crippen molar-refractivity contribution in [2.75, 3.05) is 20.1 Å². The third kappa shape index (κ3) is 8.11. The summed E-state index contributed by atoms with van der Waals surface area (Å²) in [7, 11) is 1.75. The first-order valence-corrected chi connectivity index (χ1v) is 15.9. The van der Waals surface area contributed by atoms with Gasteiger partial charge < -0.3 is 19.9 Å². The van der Waals surface area contributed by atoms with Gasteiger partial charge in [0.05, 0.1) is 12.1 Å². The number of carbonyl (C=O) groups is 4. The fourth-order valence-corrected chi connectivity index (χ4v) is 6.27. The van der Waals surface area contributed by atoms with Crippen LogP contribution in [0.5, 0.6) is 0 Å². The summed E-state index contributed by atoms with van der Waals surface area (Å²) in [5.74, 6) is -0.816. The molecule has 9 heteroatoms. The van der Waals surface area contributed by atoms with Gasteiger partial charge in [-0.25, -0.2) is 4.79 Å². The number of rotatable bonds is 11. The van der Waals surface area contributed by atoms with Crippen molar-refractivity contribution >= 4 is 23.7 Å². The molecule has 2 unspecified atom stereocenters. The van der Waals surface area contributed by atoms with E-state index >= 15 is 0 Å². The molecule has 0 aromatic heterocycles. The van der Waals surface area contributed by atoms with Gasteiger partial charge in [0.1, 0.15) is 18.2 Å². The fraction of sp³-hybridized carbons (Fsp3) is 0.812. The molecule has 0 spiro atoms. The molecule has 1 N–H and O–H groups in total. The fourth-order valence-electron chi connectivity index (χ4n) is 6.27. The molecule has 2 heterocycles. The van der Waals surface area contributed by atoms with Crippen molar-refractivity contribution in [3.05, 3.63) is 11.6 Å². The van der Waals surface area contributed by atoms with Gasteiger partial charge in [-0.15, -0.1) is 0 Å². The Balaban J connectivity index is 1.72. The number of likely N-dealkylation sites (N-methyl/N-ethyl adjacent to an activating group) is 1. The van der Waals surface area contributed by atoms with E-state index in [1.165, 1.54) is 0 Å². The van der Waals surface area contributed by atoms with Crippen molar-refractivity contribution in [1.82, 2.24) is 20.0 Å². The van der Waals surface area contributed by atoms with E-state index in [2.05, 4.69) is 24.1 Å². The maximum absolute atomic E-state index is 13.9. The van der Waals surface area contributed by atoms with Gasteiger partial charge in [0.2, 0.25) is 17.7 Å². The second-order valence-electron chi connectivity index (χ2n) is 13.3. The molecule has 2 saturated heterocycles. The lowest BCUT2D eigenvalue weighted by molar-refractivity contribution is -0.160. The van der Waals surface area contributed by atoms with Gasteiger partial charge in [0.15, 0.2) is 0 Å². The predicted molar refractivity (Wildman–Crippen MR) is 160 cm³/mol. The van der Waals surface area contributed by atoms with Gasteiger partial charge in [0, 0.05) is 25.2 Å². The van der Waals surface area contributed by atoms with Crippen molar-refractivity contribution in [1.29, 1.82) is 0 Å². The van der Waals surface area contributed by atoms with E-state index in [-0.39, 0.29) is 59.8 Å². The molecule has 0 bridgehead atoms. The number of esters is 1. The zero-order valence-electron chi connectivity index (χ0n) is 26.7. The van der Waals surface area contributed by atoms with Crippen LogP contribution in [0.1, 0.15) is 99.8 Å². The van der Waals surface area contributed by atoms with Crippen LogP contribution in [0.3, 0.4) is 0 Å². The molecule has 3 rings (SSSR count). The Hall–Kier alpha value is -2.42. The Morgan fingerprint density at radius 2 is 1.51 bits per heavy atom. The zero-order chi connectivity index (χ0) is 30.4. The van der Waals surface area contributed by atoms with E-state index in [1.54, 1.807) is 23.8 Å². The Labute approximate surface area is 247 Å². The predicted octanol–water partition coefficient (Wildman–Crippen LogP) is 3.91. The molecule has 1 saturated carbocycles. The number of nitrogens with one attached hydrogen (secondary N) is 1. The summed E-state index contributed by atoms with van der Waals surface area (Å²) in [5.41, 5.74) is 0.506. The molecule has 2 aliphatic heterocycles. The van der Waals surface area contributed by atoms with Crippen LogP contribution in [-0.4, -0.2) is 94.8 Å². The first-order chi connectivity index (χ1) is 19.3. The molecule has 0 aromatic carbocycles. The molecule has 9 nitrogen and oxygen atoms in total. The molecule has 4 atom stereocenters. The van der Waals surface area contributed by atoms with E-state index in [0.29, 0.717) is 18.5 Å². The maximum Gasteiger partial charge on any atom is 0.329 e. The molecule has 3 aliphatic rings. The Morgan fingerprint density at radius 3 is 2.07 bits per heavy atom. The van der Waals surface area contributed by atoms with E-state index in [4.69, 9.17) is 4.74 Å². The average molecular weight is 575 g/mol. The quantitative estimate of drug-likeness (QED) is 0.297. The van der Waals surface area contributed by atoms with Crippen LogP contribution in [0.4, 0.5) is 0 Å². The zero-order valence-corrected chi connectivity index (χ0v) is 26.7. The molecule has 0 radical (unpaired) electrons. The third-order valence-electron chi connectivity index (χ3n) is 9.10. The molecular weight excluding hydrogens is 520 g/mol. The normalized spacial score (nSPS) is 23.9. The molecule has 232 valence electrons. The van der Waals surface area contributed by atoms with Crippen LogP contribution in [0.15, 0.2) is 11.6 Å². The van der Waals surface area contributed by atoms with Gasteiger partial charge in [-0.1, -0.05) is 40.2 Å². The number of ether oxygens (including phenoxy) is 1. The van der Waals surface area contributed by atoms with Crippen LogP contribution < -0.4 is 5.32 Å². The standard InChI is InChI=1S/C32H54N4O5/c1-20(2)27(19-23(7)30(38)36-18-12-16-26(36)32(40)41-24-13-11-14-24)34(8)31(39)28(21(3)4)33-29(37)25-15-9-10-17-35(25)22(5)6/h19-22,24-28H,9-18H2,1-8H3,(H,33,37)/b23-19+/t25?,26?,27-,28+/m1/s1. The highest BCUT2D eigenvalue weighted by molar-refractivity contribution is 5.96. The highest BCUT2D eigenvalue weighted by Gasteiger charge is 2.39. The molecule has 0 aromatic rings. The molecule has 1 aliphatic carbocycles. The van der Waals surface area contributed by atoms with E-state index in [1.807, 2.05) is 33.8 Å². The second kappa shape index (κ2) is 14.7. The molecular formula is C32H54N4O5. The highest BCUT2D eigenvalue weighted by atomic mass is 16.5. The van der Waals surface area contributed by atoms with Crippen LogP contribution in [0, 0.1) is 11.8 Å². The largest absolute Gasteiger partial charge is 0.461 e. The van der Waals surface area contributed by atoms with E-state index in [9.17, 15) is 19.2 Å². The van der Waals surface area contributed by atoms with Crippen molar-refractivity contribution in [3.63, 3.8) is 0 Å². The first kappa shape index (κ1) is 33.1. The topological polar surface area (TPSA) is 99.3 Å². The number of likely N-dealkylation sites (tertiary alicyclic amines) is 2. The van der Waals surface area contributed by atoms with E-state index in [0.717, 1.165) is 51.5 Å². The SMILES string of the molecule is C/C(=C\[C@H](C(C)C)N(C)C(=O)[C@@H](NC(=O)C1CCCCN1C(C)C)C(C)C)C(=O)N1CCCC1C(=O)OC1CCC1. The van der Waals surface area contributed by atoms with Gasteiger partial charge >= 0.3 is 5.97 Å². The van der Waals surface area contributed by atoms with Crippen LogP contribution in [0.25, 0.3) is 0 Å². The van der Waals surface area contributed by atoms with Crippen molar-refractivity contribution in [3.8, 4) is 0 Å². The number of hydrogen-bond acceptors (Lipinski definition) is 6. The van der Waals surface area contributed by atoms with Gasteiger partial charge in [-0.3, -0.25) is 19.3 Å². The third-order valence-corrected chi connectivity index (χ3v) is 9.10. The molecule has 41 heavy (non-hydrogen) atoms. The lowest BCUT2D eigenvalue weighted by atomic mass is 9.95. The summed E-state index contributed by atoms with van der Waals surface area (Å²) < 4.78 is 5.62. The number of carbonyl (C=O) groups excluding carboxylic acids is 4.